The molecular weight excluding hydrogens is 458 g/mol. The van der Waals surface area contributed by atoms with Crippen molar-refractivity contribution < 1.29 is 18.0 Å². The lowest BCUT2D eigenvalue weighted by Crippen LogP contribution is -2.44. The Hall–Kier alpha value is -2.39. The number of likely N-dealkylation sites (tertiary alicyclic amines) is 1. The van der Waals surface area contributed by atoms with E-state index in [2.05, 4.69) is 26.0 Å². The molecule has 2 aromatic rings. The summed E-state index contributed by atoms with van der Waals surface area (Å²) < 4.78 is 28.2. The molecule has 1 heterocycles. The van der Waals surface area contributed by atoms with Gasteiger partial charge in [-0.15, -0.1) is 0 Å². The smallest absolute Gasteiger partial charge is 0.261 e. The van der Waals surface area contributed by atoms with Crippen LogP contribution in [0, 0.1) is 5.92 Å². The minimum atomic E-state index is -3.71. The molecule has 1 saturated heterocycles. The van der Waals surface area contributed by atoms with E-state index in [0.717, 1.165) is 17.3 Å². The van der Waals surface area contributed by atoms with Crippen molar-refractivity contribution in [3.8, 4) is 0 Å². The van der Waals surface area contributed by atoms with Gasteiger partial charge in [0.05, 0.1) is 10.8 Å². The van der Waals surface area contributed by atoms with Gasteiger partial charge in [0, 0.05) is 35.9 Å². The highest BCUT2D eigenvalue weighted by molar-refractivity contribution is 9.10. The van der Waals surface area contributed by atoms with Crippen LogP contribution in [0.25, 0.3) is 0 Å². The Labute approximate surface area is 178 Å². The van der Waals surface area contributed by atoms with Crippen molar-refractivity contribution in [1.29, 1.82) is 0 Å². The summed E-state index contributed by atoms with van der Waals surface area (Å²) in [6, 6.07) is 12.6. The number of carbonyl (C=O) groups excluding carboxylic acids is 2. The molecule has 7 nitrogen and oxygen atoms in total. The third-order valence-corrected chi connectivity index (χ3v) is 6.76. The quantitative estimate of drug-likeness (QED) is 0.688. The molecule has 1 atom stereocenters. The zero-order valence-electron chi connectivity index (χ0n) is 15.9. The lowest BCUT2D eigenvalue weighted by Gasteiger charge is -2.31. The van der Waals surface area contributed by atoms with Crippen LogP contribution in [0.1, 0.15) is 23.2 Å². The standard InChI is InChI=1S/C20H22BrN3O4S/c1-22-19(25)15-3-2-12-24(13-15)20(26)14-4-8-17(9-5-14)23-29(27,28)18-10-6-16(21)7-11-18/h4-11,15,23H,2-3,12-13H2,1H3,(H,22,25)/t15-/m0/s1. The number of benzene rings is 2. The van der Waals surface area contributed by atoms with Gasteiger partial charge in [-0.2, -0.15) is 0 Å². The average Bonchev–Trinajstić information content (AvgIpc) is 2.73. The van der Waals surface area contributed by atoms with Crippen molar-refractivity contribution in [2.45, 2.75) is 17.7 Å². The lowest BCUT2D eigenvalue weighted by atomic mass is 9.96. The lowest BCUT2D eigenvalue weighted by molar-refractivity contribution is -0.125. The largest absolute Gasteiger partial charge is 0.359 e. The molecule has 0 spiro atoms. The van der Waals surface area contributed by atoms with Gasteiger partial charge in [-0.3, -0.25) is 14.3 Å². The molecule has 0 aliphatic carbocycles. The summed E-state index contributed by atoms with van der Waals surface area (Å²) in [6.07, 6.45) is 1.54. The average molecular weight is 480 g/mol. The van der Waals surface area contributed by atoms with Crippen molar-refractivity contribution in [3.63, 3.8) is 0 Å². The van der Waals surface area contributed by atoms with Crippen molar-refractivity contribution in [3.05, 3.63) is 58.6 Å². The van der Waals surface area contributed by atoms with Gasteiger partial charge in [0.2, 0.25) is 5.91 Å². The van der Waals surface area contributed by atoms with Gasteiger partial charge >= 0.3 is 0 Å². The summed E-state index contributed by atoms with van der Waals surface area (Å²) in [5, 5.41) is 2.63. The molecule has 0 unspecified atom stereocenters. The molecule has 1 aliphatic heterocycles. The maximum Gasteiger partial charge on any atom is 0.261 e. The number of anilines is 1. The number of amides is 2. The van der Waals surface area contributed by atoms with E-state index in [0.29, 0.717) is 24.3 Å². The molecule has 0 saturated carbocycles. The van der Waals surface area contributed by atoms with Crippen LogP contribution in [-0.4, -0.2) is 45.3 Å². The predicted molar refractivity (Wildman–Crippen MR) is 114 cm³/mol. The first-order valence-corrected chi connectivity index (χ1v) is 11.5. The van der Waals surface area contributed by atoms with Gasteiger partial charge in [-0.25, -0.2) is 8.42 Å². The van der Waals surface area contributed by atoms with Gasteiger partial charge in [0.15, 0.2) is 0 Å². The van der Waals surface area contributed by atoms with Crippen LogP contribution in [0.2, 0.25) is 0 Å². The monoisotopic (exact) mass is 479 g/mol. The van der Waals surface area contributed by atoms with Crippen LogP contribution in [0.15, 0.2) is 57.9 Å². The highest BCUT2D eigenvalue weighted by Gasteiger charge is 2.28. The first kappa shape index (κ1) is 21.3. The van der Waals surface area contributed by atoms with Gasteiger partial charge in [-0.05, 0) is 61.4 Å². The van der Waals surface area contributed by atoms with Crippen LogP contribution in [0.3, 0.4) is 0 Å². The molecule has 1 fully saturated rings. The minimum Gasteiger partial charge on any atom is -0.359 e. The van der Waals surface area contributed by atoms with Crippen molar-refractivity contribution in [2.24, 2.45) is 5.92 Å². The highest BCUT2D eigenvalue weighted by atomic mass is 79.9. The van der Waals surface area contributed by atoms with Crippen LogP contribution in [-0.2, 0) is 14.8 Å². The van der Waals surface area contributed by atoms with Gasteiger partial charge in [0.1, 0.15) is 0 Å². The molecule has 9 heteroatoms. The van der Waals surface area contributed by atoms with Crippen LogP contribution in [0.5, 0.6) is 0 Å². The zero-order chi connectivity index (χ0) is 21.0. The van der Waals surface area contributed by atoms with Crippen molar-refractivity contribution in [1.82, 2.24) is 10.2 Å². The Bertz CT molecular complexity index is 991. The first-order valence-electron chi connectivity index (χ1n) is 9.19. The van der Waals surface area contributed by atoms with Crippen LogP contribution in [0.4, 0.5) is 5.69 Å². The molecule has 0 bridgehead atoms. The third-order valence-electron chi connectivity index (χ3n) is 4.83. The number of rotatable bonds is 5. The fraction of sp³-hybridized carbons (Fsp3) is 0.300. The first-order chi connectivity index (χ1) is 13.8. The Morgan fingerprint density at radius 3 is 2.34 bits per heavy atom. The van der Waals surface area contributed by atoms with Gasteiger partial charge < -0.3 is 10.2 Å². The van der Waals surface area contributed by atoms with E-state index < -0.39 is 10.0 Å². The molecule has 2 N–H and O–H groups in total. The fourth-order valence-electron chi connectivity index (χ4n) is 3.27. The van der Waals surface area contributed by atoms with E-state index in [4.69, 9.17) is 0 Å². The second-order valence-electron chi connectivity index (χ2n) is 6.84. The second-order valence-corrected chi connectivity index (χ2v) is 9.44. The number of halogens is 1. The molecule has 1 aliphatic rings. The van der Waals surface area contributed by atoms with Gasteiger partial charge in [0.25, 0.3) is 15.9 Å². The number of hydrogen-bond donors (Lipinski definition) is 2. The normalized spacial score (nSPS) is 16.9. The predicted octanol–water partition coefficient (Wildman–Crippen LogP) is 2.85. The molecule has 3 rings (SSSR count). The van der Waals surface area contributed by atoms with E-state index in [1.165, 1.54) is 12.1 Å². The molecule has 0 radical (unpaired) electrons. The molecule has 29 heavy (non-hydrogen) atoms. The van der Waals surface area contributed by atoms with Gasteiger partial charge in [-0.1, -0.05) is 15.9 Å². The summed E-state index contributed by atoms with van der Waals surface area (Å²) in [5.74, 6) is -0.421. The topological polar surface area (TPSA) is 95.6 Å². The summed E-state index contributed by atoms with van der Waals surface area (Å²) in [6.45, 7) is 0.987. The maximum atomic E-state index is 12.8. The number of carbonyl (C=O) groups is 2. The maximum absolute atomic E-state index is 12.8. The van der Waals surface area contributed by atoms with Crippen LogP contribution >= 0.6 is 15.9 Å². The third kappa shape index (κ3) is 5.16. The Kier molecular flexibility index (Phi) is 6.59. The number of nitrogens with one attached hydrogen (secondary N) is 2. The molecule has 154 valence electrons. The molecule has 2 aromatic carbocycles. The van der Waals surface area contributed by atoms with E-state index in [1.54, 1.807) is 48.3 Å². The Morgan fingerprint density at radius 2 is 1.72 bits per heavy atom. The second kappa shape index (κ2) is 8.96. The SMILES string of the molecule is CNC(=O)[C@H]1CCCN(C(=O)c2ccc(NS(=O)(=O)c3ccc(Br)cc3)cc2)C1. The number of sulfonamides is 1. The number of nitrogens with zero attached hydrogens (tertiary/aromatic N) is 1. The summed E-state index contributed by atoms with van der Waals surface area (Å²) in [7, 11) is -2.12. The Morgan fingerprint density at radius 1 is 1.07 bits per heavy atom. The minimum absolute atomic E-state index is 0.0554. The molecule has 2 amide bonds. The fourth-order valence-corrected chi connectivity index (χ4v) is 4.59. The highest BCUT2D eigenvalue weighted by Crippen LogP contribution is 2.21. The Balaban J connectivity index is 1.69. The number of piperidine rings is 1. The molecule has 0 aromatic heterocycles. The number of hydrogen-bond acceptors (Lipinski definition) is 4. The summed E-state index contributed by atoms with van der Waals surface area (Å²) in [4.78, 5) is 26.4. The molecular formula is C20H22BrN3O4S. The van der Waals surface area contributed by atoms with Crippen LogP contribution < -0.4 is 10.0 Å². The van der Waals surface area contributed by atoms with Crippen molar-refractivity contribution in [2.75, 3.05) is 24.9 Å². The zero-order valence-corrected chi connectivity index (χ0v) is 18.3. The van der Waals surface area contributed by atoms with E-state index in [9.17, 15) is 18.0 Å². The van der Waals surface area contributed by atoms with Crippen molar-refractivity contribution >= 4 is 43.5 Å². The summed E-state index contributed by atoms with van der Waals surface area (Å²) >= 11 is 3.28. The van der Waals surface area contributed by atoms with E-state index in [-0.39, 0.29) is 22.6 Å². The van der Waals surface area contributed by atoms with E-state index in [1.807, 2.05) is 0 Å². The summed E-state index contributed by atoms with van der Waals surface area (Å²) in [5.41, 5.74) is 0.820. The van der Waals surface area contributed by atoms with E-state index >= 15 is 0 Å².